The third-order valence-electron chi connectivity index (χ3n) is 5.70. The van der Waals surface area contributed by atoms with Gasteiger partial charge in [0.05, 0.1) is 6.54 Å². The maximum absolute atomic E-state index is 4.52. The van der Waals surface area contributed by atoms with Crippen LogP contribution in [0.15, 0.2) is 42.5 Å². The van der Waals surface area contributed by atoms with Gasteiger partial charge in [0.2, 0.25) is 0 Å². The monoisotopic (exact) mass is 379 g/mol. The van der Waals surface area contributed by atoms with Gasteiger partial charge in [-0.25, -0.2) is 0 Å². The van der Waals surface area contributed by atoms with Crippen molar-refractivity contribution in [2.45, 2.75) is 38.4 Å². The number of fused-ring (bicyclic) bond motifs is 1. The Morgan fingerprint density at radius 3 is 2.70 bits per heavy atom. The van der Waals surface area contributed by atoms with Gasteiger partial charge in [0.1, 0.15) is 11.6 Å². The van der Waals surface area contributed by atoms with Crippen molar-refractivity contribution in [3.63, 3.8) is 0 Å². The average Bonchev–Trinajstić information content (AvgIpc) is 3.37. The molecule has 0 aliphatic carbocycles. The van der Waals surface area contributed by atoms with Crippen LogP contribution in [0.25, 0.3) is 10.4 Å². The Kier molecular flexibility index (Phi) is 4.78. The number of nitrogens with zero attached hydrogens (tertiary/aromatic N) is 4. The molecule has 5 nitrogen and oxygen atoms in total. The lowest BCUT2D eigenvalue weighted by molar-refractivity contribution is 0.201. The third kappa shape index (κ3) is 3.57. The Bertz CT molecular complexity index is 892. The molecule has 27 heavy (non-hydrogen) atoms. The minimum absolute atomic E-state index is 0.559. The molecule has 5 rings (SSSR count). The molecule has 3 aromatic rings. The number of benzene rings is 1. The number of hydrogen-bond donors (Lipinski definition) is 1. The molecular weight excluding hydrogens is 354 g/mol. The van der Waals surface area contributed by atoms with Crippen molar-refractivity contribution in [3.05, 3.63) is 59.0 Å². The molecule has 140 valence electrons. The van der Waals surface area contributed by atoms with Crippen molar-refractivity contribution in [1.82, 2.24) is 25.0 Å². The van der Waals surface area contributed by atoms with Gasteiger partial charge < -0.3 is 9.88 Å². The fraction of sp³-hybridized carbons (Fsp3) is 0.429. The van der Waals surface area contributed by atoms with E-state index in [1.165, 1.54) is 34.0 Å². The first-order chi connectivity index (χ1) is 13.4. The second-order valence-corrected chi connectivity index (χ2v) is 8.65. The summed E-state index contributed by atoms with van der Waals surface area (Å²) in [5, 5.41) is 12.3. The summed E-state index contributed by atoms with van der Waals surface area (Å²) < 4.78 is 2.35. The predicted molar refractivity (Wildman–Crippen MR) is 109 cm³/mol. The van der Waals surface area contributed by atoms with Crippen LogP contribution in [0, 0.1) is 0 Å². The fourth-order valence-electron chi connectivity index (χ4n) is 4.21. The van der Waals surface area contributed by atoms with Gasteiger partial charge in [-0.1, -0.05) is 30.3 Å². The van der Waals surface area contributed by atoms with Crippen LogP contribution in [-0.2, 0) is 19.6 Å². The van der Waals surface area contributed by atoms with Crippen molar-refractivity contribution in [2.75, 3.05) is 19.6 Å². The van der Waals surface area contributed by atoms with Gasteiger partial charge in [-0.05, 0) is 43.6 Å². The second kappa shape index (κ2) is 7.54. The first-order valence-corrected chi connectivity index (χ1v) is 10.7. The molecule has 1 N–H and O–H groups in total. The number of likely N-dealkylation sites (tertiary alicyclic amines) is 1. The summed E-state index contributed by atoms with van der Waals surface area (Å²) in [7, 11) is 0. The molecule has 2 aliphatic heterocycles. The van der Waals surface area contributed by atoms with E-state index in [0.717, 1.165) is 45.1 Å². The summed E-state index contributed by atoms with van der Waals surface area (Å²) in [6.45, 7) is 6.24. The van der Waals surface area contributed by atoms with Crippen molar-refractivity contribution in [3.8, 4) is 10.4 Å². The van der Waals surface area contributed by atoms with Crippen LogP contribution in [0.4, 0.5) is 0 Å². The maximum Gasteiger partial charge on any atom is 0.147 e. The molecule has 1 fully saturated rings. The largest absolute Gasteiger partial charge is 0.312 e. The van der Waals surface area contributed by atoms with E-state index >= 15 is 0 Å². The second-order valence-electron chi connectivity index (χ2n) is 7.49. The average molecular weight is 380 g/mol. The van der Waals surface area contributed by atoms with Crippen LogP contribution in [-0.4, -0.2) is 39.3 Å². The first-order valence-electron chi connectivity index (χ1n) is 9.86. The van der Waals surface area contributed by atoms with Gasteiger partial charge in [0, 0.05) is 35.3 Å². The zero-order valence-corrected chi connectivity index (χ0v) is 16.3. The Morgan fingerprint density at radius 1 is 1.00 bits per heavy atom. The summed E-state index contributed by atoms with van der Waals surface area (Å²) >= 11 is 1.92. The number of nitrogens with one attached hydrogen (secondary N) is 1. The lowest BCUT2D eigenvalue weighted by Gasteiger charge is -2.31. The topological polar surface area (TPSA) is 46.0 Å². The molecule has 0 radical (unpaired) electrons. The summed E-state index contributed by atoms with van der Waals surface area (Å²) in [6, 6.07) is 15.2. The minimum Gasteiger partial charge on any atom is -0.312 e. The molecule has 1 saturated heterocycles. The molecule has 2 aliphatic rings. The highest BCUT2D eigenvalue weighted by Gasteiger charge is 2.27. The van der Waals surface area contributed by atoms with Crippen molar-refractivity contribution in [2.24, 2.45) is 0 Å². The van der Waals surface area contributed by atoms with Crippen LogP contribution >= 0.6 is 11.3 Å². The molecule has 6 heteroatoms. The van der Waals surface area contributed by atoms with Gasteiger partial charge in [-0.2, -0.15) is 0 Å². The molecular formula is C21H25N5S. The van der Waals surface area contributed by atoms with E-state index in [9.17, 15) is 0 Å². The quantitative estimate of drug-likeness (QED) is 0.754. The van der Waals surface area contributed by atoms with E-state index in [4.69, 9.17) is 0 Å². The van der Waals surface area contributed by atoms with Crippen molar-refractivity contribution < 1.29 is 0 Å². The normalized spacial score (nSPS) is 18.5. The van der Waals surface area contributed by atoms with Gasteiger partial charge in [0.25, 0.3) is 0 Å². The standard InChI is InChI=1S/C21H25N5S/c1-2-4-16(5-3-1)19-7-6-18(27-19)15-25-11-8-17(9-12-25)21-24-23-20-14-22-10-13-26(20)21/h1-7,17,22H,8-15H2. The molecule has 0 atom stereocenters. The molecule has 2 aromatic heterocycles. The highest BCUT2D eigenvalue weighted by Crippen LogP contribution is 2.31. The number of aromatic nitrogens is 3. The van der Waals surface area contributed by atoms with E-state index < -0.39 is 0 Å². The third-order valence-corrected chi connectivity index (χ3v) is 6.82. The van der Waals surface area contributed by atoms with Crippen LogP contribution in [0.1, 0.15) is 35.3 Å². The number of hydrogen-bond acceptors (Lipinski definition) is 5. The molecule has 4 heterocycles. The predicted octanol–water partition coefficient (Wildman–Crippen LogP) is 3.49. The highest BCUT2D eigenvalue weighted by molar-refractivity contribution is 7.15. The Morgan fingerprint density at radius 2 is 1.85 bits per heavy atom. The lowest BCUT2D eigenvalue weighted by Crippen LogP contribution is -2.34. The number of rotatable bonds is 4. The molecule has 0 saturated carbocycles. The molecule has 0 amide bonds. The van der Waals surface area contributed by atoms with Gasteiger partial charge in [-0.15, -0.1) is 21.5 Å². The number of thiophene rings is 1. The molecule has 0 bridgehead atoms. The fourth-order valence-corrected chi connectivity index (χ4v) is 5.26. The van der Waals surface area contributed by atoms with Crippen molar-refractivity contribution in [1.29, 1.82) is 0 Å². The maximum atomic E-state index is 4.52. The Balaban J connectivity index is 1.20. The summed E-state index contributed by atoms with van der Waals surface area (Å²) in [6.07, 6.45) is 2.37. The van der Waals surface area contributed by atoms with Gasteiger partial charge >= 0.3 is 0 Å². The SMILES string of the molecule is c1ccc(-c2ccc(CN3CCC(c4nnc5n4CCNC5)CC3)s2)cc1. The van der Waals surface area contributed by atoms with Crippen LogP contribution in [0.3, 0.4) is 0 Å². The van der Waals surface area contributed by atoms with Gasteiger partial charge in [0.15, 0.2) is 0 Å². The van der Waals surface area contributed by atoms with Crippen molar-refractivity contribution >= 4 is 11.3 Å². The van der Waals surface area contributed by atoms with E-state index in [0.29, 0.717) is 5.92 Å². The number of piperidine rings is 1. The highest BCUT2D eigenvalue weighted by atomic mass is 32.1. The van der Waals surface area contributed by atoms with E-state index in [2.05, 4.69) is 67.4 Å². The zero-order valence-electron chi connectivity index (χ0n) is 15.5. The molecule has 0 unspecified atom stereocenters. The molecule has 1 aromatic carbocycles. The molecule has 0 spiro atoms. The van der Waals surface area contributed by atoms with E-state index in [-0.39, 0.29) is 0 Å². The van der Waals surface area contributed by atoms with Crippen LogP contribution < -0.4 is 5.32 Å². The Hall–Kier alpha value is -2.02. The smallest absolute Gasteiger partial charge is 0.147 e. The zero-order chi connectivity index (χ0) is 18.1. The Labute approximate surface area is 164 Å². The van der Waals surface area contributed by atoms with Gasteiger partial charge in [-0.3, -0.25) is 4.90 Å². The van der Waals surface area contributed by atoms with E-state index in [1.807, 2.05) is 11.3 Å². The summed E-state index contributed by atoms with van der Waals surface area (Å²) in [5.41, 5.74) is 1.32. The summed E-state index contributed by atoms with van der Waals surface area (Å²) in [4.78, 5) is 5.41. The van der Waals surface area contributed by atoms with Crippen LogP contribution in [0.5, 0.6) is 0 Å². The lowest BCUT2D eigenvalue weighted by atomic mass is 9.95. The van der Waals surface area contributed by atoms with E-state index in [1.54, 1.807) is 0 Å². The minimum atomic E-state index is 0.559. The first kappa shape index (κ1) is 17.1. The summed E-state index contributed by atoms with van der Waals surface area (Å²) in [5.74, 6) is 2.88. The van der Waals surface area contributed by atoms with Crippen LogP contribution in [0.2, 0.25) is 0 Å².